The number of esters is 2. The molecule has 0 saturated carbocycles. The van der Waals surface area contributed by atoms with Gasteiger partial charge in [-0.05, 0) is 47.1 Å². The van der Waals surface area contributed by atoms with Gasteiger partial charge in [-0.1, -0.05) is 5.11 Å². The Kier molecular flexibility index (Phi) is 37.7. The van der Waals surface area contributed by atoms with Crippen molar-refractivity contribution < 1.29 is 71.2 Å². The third kappa shape index (κ3) is 46.3. The maximum atomic E-state index is 11.7. The van der Waals surface area contributed by atoms with E-state index in [0.717, 1.165) is 0 Å². The van der Waals surface area contributed by atoms with Gasteiger partial charge in [-0.15, -0.1) is 0 Å². The van der Waals surface area contributed by atoms with Crippen LogP contribution in [0.15, 0.2) is 5.11 Å². The molecule has 0 bridgehead atoms. The zero-order chi connectivity index (χ0) is 42.1. The van der Waals surface area contributed by atoms with Crippen LogP contribution in [0.25, 0.3) is 10.4 Å². The monoisotopic (exact) mass is 827 g/mol. The van der Waals surface area contributed by atoms with Crippen LogP contribution in [0.3, 0.4) is 0 Å². The molecular formula is C38H74N4O15. The van der Waals surface area contributed by atoms with Gasteiger partial charge in [-0.25, -0.2) is 0 Å². The molecule has 0 heterocycles. The Labute approximate surface area is 340 Å². The van der Waals surface area contributed by atoms with Crippen LogP contribution in [0.1, 0.15) is 54.4 Å². The van der Waals surface area contributed by atoms with E-state index in [4.69, 9.17) is 67.1 Å². The number of ether oxygens (including phenoxy) is 13. The van der Waals surface area contributed by atoms with E-state index in [9.17, 15) is 9.59 Å². The van der Waals surface area contributed by atoms with Crippen LogP contribution in [-0.4, -0.2) is 200 Å². The summed E-state index contributed by atoms with van der Waals surface area (Å²) in [4.78, 5) is 28.2. The fourth-order valence-corrected chi connectivity index (χ4v) is 4.23. The van der Waals surface area contributed by atoms with Gasteiger partial charge in [0, 0.05) is 31.1 Å². The second kappa shape index (κ2) is 39.2. The summed E-state index contributed by atoms with van der Waals surface area (Å²) < 4.78 is 71.6. The van der Waals surface area contributed by atoms with Crippen molar-refractivity contribution in [2.75, 3.05) is 172 Å². The van der Waals surface area contributed by atoms with E-state index >= 15 is 0 Å². The maximum absolute atomic E-state index is 11.7. The molecule has 57 heavy (non-hydrogen) atoms. The molecule has 0 N–H and O–H groups in total. The van der Waals surface area contributed by atoms with E-state index in [1.165, 1.54) is 0 Å². The van der Waals surface area contributed by atoms with Crippen LogP contribution in [0.4, 0.5) is 0 Å². The molecule has 0 aliphatic heterocycles. The average Bonchev–Trinajstić information content (AvgIpc) is 3.13. The highest BCUT2D eigenvalue weighted by Gasteiger charge is 2.16. The lowest BCUT2D eigenvalue weighted by atomic mass is 10.2. The minimum atomic E-state index is -0.495. The van der Waals surface area contributed by atoms with Gasteiger partial charge in [0.2, 0.25) is 0 Å². The first kappa shape index (κ1) is 54.8. The van der Waals surface area contributed by atoms with Gasteiger partial charge in [-0.2, -0.15) is 0 Å². The van der Waals surface area contributed by atoms with Gasteiger partial charge >= 0.3 is 11.9 Å². The summed E-state index contributed by atoms with van der Waals surface area (Å²) in [6.07, 6.45) is 0.425. The van der Waals surface area contributed by atoms with Crippen molar-refractivity contribution >= 4 is 11.9 Å². The second-order valence-electron chi connectivity index (χ2n) is 14.2. The molecule has 0 radical (unpaired) electrons. The number of carbonyl (C=O) groups is 2. The molecule has 0 aromatic heterocycles. The van der Waals surface area contributed by atoms with Gasteiger partial charge < -0.3 is 61.6 Å². The highest BCUT2D eigenvalue weighted by atomic mass is 16.6. The molecule has 0 spiro atoms. The van der Waals surface area contributed by atoms with Crippen LogP contribution in [0.5, 0.6) is 0 Å². The topological polar surface area (TPSA) is 206 Å². The molecule has 0 saturated heterocycles. The van der Waals surface area contributed by atoms with Crippen molar-refractivity contribution in [2.45, 2.75) is 65.6 Å². The molecule has 0 amide bonds. The Hall–Kier alpha value is -2.23. The van der Waals surface area contributed by atoms with Crippen LogP contribution < -0.4 is 0 Å². The summed E-state index contributed by atoms with van der Waals surface area (Å²) in [5, 5.41) is 3.41. The fourth-order valence-electron chi connectivity index (χ4n) is 4.23. The zero-order valence-corrected chi connectivity index (χ0v) is 35.7. The largest absolute Gasteiger partial charge is 0.460 e. The molecule has 0 fully saturated rings. The molecule has 0 aliphatic carbocycles. The lowest BCUT2D eigenvalue weighted by molar-refractivity contribution is -0.157. The summed E-state index contributed by atoms with van der Waals surface area (Å²) in [6.45, 7) is 23.0. The molecule has 0 atom stereocenters. The summed E-state index contributed by atoms with van der Waals surface area (Å²) in [5.74, 6) is -0.557. The van der Waals surface area contributed by atoms with Crippen LogP contribution in [0.2, 0.25) is 0 Å². The number of nitrogens with zero attached hydrogens (tertiary/aromatic N) is 4. The summed E-state index contributed by atoms with van der Waals surface area (Å²) in [5.41, 5.74) is 7.27. The lowest BCUT2D eigenvalue weighted by Gasteiger charge is -2.22. The third-order valence-corrected chi connectivity index (χ3v) is 6.77. The Morgan fingerprint density at radius 1 is 0.421 bits per heavy atom. The molecule has 0 aromatic carbocycles. The minimum Gasteiger partial charge on any atom is -0.460 e. The van der Waals surface area contributed by atoms with Crippen molar-refractivity contribution in [3.63, 3.8) is 0 Å². The van der Waals surface area contributed by atoms with Gasteiger partial charge in [0.25, 0.3) is 0 Å². The Balaban J connectivity index is 4.02. The first-order valence-electron chi connectivity index (χ1n) is 19.9. The van der Waals surface area contributed by atoms with Crippen molar-refractivity contribution in [1.82, 2.24) is 4.90 Å². The van der Waals surface area contributed by atoms with Crippen molar-refractivity contribution in [1.29, 1.82) is 0 Å². The zero-order valence-electron chi connectivity index (χ0n) is 35.7. The van der Waals surface area contributed by atoms with Crippen molar-refractivity contribution in [2.24, 2.45) is 5.11 Å². The standard InChI is InChI=1S/C38H74N4O15/c1-37(2,3)56-35(43)7-13-45-19-25-51-31-33-54-29-23-49-17-11-42(10-16-48-22-28-53-27-21-47-15-9-40-41-39)12-18-50-24-30-55-34-32-52-26-20-46-14-8-36(44)57-38(4,5)6/h7-34H2,1-6H3. The van der Waals surface area contributed by atoms with Gasteiger partial charge in [0.1, 0.15) is 11.2 Å². The third-order valence-electron chi connectivity index (χ3n) is 6.77. The number of hydrogen-bond donors (Lipinski definition) is 0. The SMILES string of the molecule is CC(C)(C)OC(=O)CCOCCOCCOCCOCCN(CCOCCOCCOCCN=[N+]=[N-])CCOCCOCCOCCOCCC(=O)OC(C)(C)C. The highest BCUT2D eigenvalue weighted by Crippen LogP contribution is 2.09. The molecule has 19 nitrogen and oxygen atoms in total. The minimum absolute atomic E-state index is 0.212. The van der Waals surface area contributed by atoms with Gasteiger partial charge in [0.05, 0.1) is 158 Å². The molecular weight excluding hydrogens is 752 g/mol. The quantitative estimate of drug-likeness (QED) is 0.0285. The Morgan fingerprint density at radius 3 is 0.930 bits per heavy atom. The van der Waals surface area contributed by atoms with E-state index in [-0.39, 0.29) is 24.8 Å². The number of carbonyl (C=O) groups excluding carboxylic acids is 2. The van der Waals surface area contributed by atoms with E-state index in [0.29, 0.717) is 172 Å². The summed E-state index contributed by atoms with van der Waals surface area (Å²) >= 11 is 0. The van der Waals surface area contributed by atoms with Crippen molar-refractivity contribution in [3.05, 3.63) is 10.4 Å². The van der Waals surface area contributed by atoms with Crippen LogP contribution in [0, 0.1) is 0 Å². The van der Waals surface area contributed by atoms with Gasteiger partial charge in [0.15, 0.2) is 0 Å². The molecule has 336 valence electrons. The molecule has 0 unspecified atom stereocenters. The Bertz CT molecular complexity index is 923. The van der Waals surface area contributed by atoms with Gasteiger partial charge in [-0.3, -0.25) is 14.5 Å². The molecule has 0 aliphatic rings. The average molecular weight is 827 g/mol. The second-order valence-corrected chi connectivity index (χ2v) is 14.2. The van der Waals surface area contributed by atoms with Crippen molar-refractivity contribution in [3.8, 4) is 0 Å². The first-order valence-corrected chi connectivity index (χ1v) is 19.9. The van der Waals surface area contributed by atoms with E-state index in [2.05, 4.69) is 14.9 Å². The normalized spacial score (nSPS) is 11.9. The lowest BCUT2D eigenvalue weighted by Crippen LogP contribution is -2.34. The maximum Gasteiger partial charge on any atom is 0.308 e. The Morgan fingerprint density at radius 2 is 0.667 bits per heavy atom. The molecule has 0 aromatic rings. The number of hydrogen-bond acceptors (Lipinski definition) is 17. The number of azide groups is 1. The van der Waals surface area contributed by atoms with E-state index in [1.807, 2.05) is 41.5 Å². The predicted octanol–water partition coefficient (Wildman–Crippen LogP) is 3.24. The van der Waals surface area contributed by atoms with Crippen LogP contribution in [-0.2, 0) is 71.2 Å². The smallest absolute Gasteiger partial charge is 0.308 e. The predicted molar refractivity (Wildman–Crippen MR) is 210 cm³/mol. The molecule has 0 rings (SSSR count). The fraction of sp³-hybridized carbons (Fsp3) is 0.947. The summed E-state index contributed by atoms with van der Waals surface area (Å²) in [7, 11) is 0. The molecule has 19 heteroatoms. The first-order chi connectivity index (χ1) is 27.4. The van der Waals surface area contributed by atoms with Crippen LogP contribution >= 0.6 is 0 Å². The summed E-state index contributed by atoms with van der Waals surface area (Å²) in [6, 6.07) is 0. The van der Waals surface area contributed by atoms with E-state index in [1.54, 1.807) is 0 Å². The van der Waals surface area contributed by atoms with E-state index < -0.39 is 11.2 Å². The number of rotatable bonds is 42. The highest BCUT2D eigenvalue weighted by molar-refractivity contribution is 5.70.